The van der Waals surface area contributed by atoms with E-state index in [-0.39, 0.29) is 29.2 Å². The van der Waals surface area contributed by atoms with E-state index in [4.69, 9.17) is 0 Å². The molecule has 3 aromatic carbocycles. The molecule has 1 atom stereocenters. The Hall–Kier alpha value is -3.74. The first-order chi connectivity index (χ1) is 17.0. The summed E-state index contributed by atoms with van der Waals surface area (Å²) in [6.07, 6.45) is 1.52. The van der Waals surface area contributed by atoms with Crippen LogP contribution in [0.25, 0.3) is 10.8 Å². The zero-order valence-electron chi connectivity index (χ0n) is 19.5. The molecule has 0 aromatic heterocycles. The van der Waals surface area contributed by atoms with Crippen LogP contribution in [0.2, 0.25) is 0 Å². The molecule has 2 heterocycles. The van der Waals surface area contributed by atoms with Gasteiger partial charge in [-0.05, 0) is 41.8 Å². The molecule has 35 heavy (non-hydrogen) atoms. The van der Waals surface area contributed by atoms with Crippen LogP contribution in [0.3, 0.4) is 0 Å². The van der Waals surface area contributed by atoms with Crippen LogP contribution in [-0.2, 0) is 4.79 Å². The normalized spacial score (nSPS) is 18.5. The third kappa shape index (κ3) is 4.63. The highest BCUT2D eigenvalue weighted by molar-refractivity contribution is 6.07. The number of rotatable bonds is 3. The number of fused-ring (bicyclic) bond motifs is 1. The van der Waals surface area contributed by atoms with E-state index >= 15 is 0 Å². The Kier molecular flexibility index (Phi) is 6.49. The lowest BCUT2D eigenvalue weighted by Crippen LogP contribution is -2.54. The molecule has 2 aliphatic rings. The van der Waals surface area contributed by atoms with Crippen molar-refractivity contribution in [2.24, 2.45) is 5.92 Å². The minimum absolute atomic E-state index is 0.0263. The molecule has 0 aliphatic carbocycles. The molecule has 0 radical (unpaired) electrons. The van der Waals surface area contributed by atoms with Gasteiger partial charge in [-0.15, -0.1) is 0 Å². The summed E-state index contributed by atoms with van der Waals surface area (Å²) in [4.78, 5) is 44.5. The Balaban J connectivity index is 1.22. The number of piperazine rings is 1. The molecule has 6 nitrogen and oxygen atoms in total. The van der Waals surface area contributed by atoms with E-state index in [2.05, 4.69) is 0 Å². The zero-order valence-corrected chi connectivity index (χ0v) is 19.5. The number of nitrogens with zero attached hydrogens (tertiary/aromatic N) is 3. The predicted molar refractivity (Wildman–Crippen MR) is 131 cm³/mol. The highest BCUT2D eigenvalue weighted by atomic mass is 19.1. The summed E-state index contributed by atoms with van der Waals surface area (Å²) in [5, 5.41) is 1.94. The summed E-state index contributed by atoms with van der Waals surface area (Å²) < 4.78 is 14.0. The van der Waals surface area contributed by atoms with Crippen LogP contribution >= 0.6 is 0 Å². The first-order valence-corrected chi connectivity index (χ1v) is 12.1. The van der Waals surface area contributed by atoms with Gasteiger partial charge in [0.15, 0.2) is 0 Å². The Morgan fingerprint density at radius 2 is 1.31 bits per heavy atom. The largest absolute Gasteiger partial charge is 0.339 e. The lowest BCUT2D eigenvalue weighted by molar-refractivity contribution is -0.138. The number of likely N-dealkylation sites (tertiary alicyclic amines) is 1. The molecule has 3 amide bonds. The topological polar surface area (TPSA) is 60.9 Å². The van der Waals surface area contributed by atoms with Crippen LogP contribution in [0.5, 0.6) is 0 Å². The van der Waals surface area contributed by atoms with Crippen LogP contribution in [0.1, 0.15) is 33.6 Å². The molecule has 2 aliphatic heterocycles. The number of amides is 3. The average molecular weight is 474 g/mol. The summed E-state index contributed by atoms with van der Waals surface area (Å²) >= 11 is 0. The van der Waals surface area contributed by atoms with Crippen LogP contribution < -0.4 is 0 Å². The summed E-state index contributed by atoms with van der Waals surface area (Å²) in [6.45, 7) is 2.58. The van der Waals surface area contributed by atoms with E-state index in [1.54, 1.807) is 26.8 Å². The van der Waals surface area contributed by atoms with Gasteiger partial charge in [0.25, 0.3) is 11.8 Å². The molecule has 0 bridgehead atoms. The average Bonchev–Trinajstić information content (AvgIpc) is 2.92. The molecule has 2 saturated heterocycles. The summed E-state index contributed by atoms with van der Waals surface area (Å²) in [7, 11) is 0. The number of hydrogen-bond donors (Lipinski definition) is 0. The van der Waals surface area contributed by atoms with Gasteiger partial charge in [-0.2, -0.15) is 0 Å². The maximum absolute atomic E-state index is 14.0. The van der Waals surface area contributed by atoms with Gasteiger partial charge >= 0.3 is 0 Å². The van der Waals surface area contributed by atoms with E-state index in [1.165, 1.54) is 12.1 Å². The third-order valence-electron chi connectivity index (χ3n) is 7.06. The van der Waals surface area contributed by atoms with Crippen LogP contribution in [0.15, 0.2) is 66.7 Å². The van der Waals surface area contributed by atoms with Crippen molar-refractivity contribution in [2.75, 3.05) is 39.3 Å². The quantitative estimate of drug-likeness (QED) is 0.581. The maximum atomic E-state index is 14.0. The van der Waals surface area contributed by atoms with E-state index in [9.17, 15) is 18.8 Å². The Labute approximate surface area is 203 Å². The Morgan fingerprint density at radius 3 is 2.11 bits per heavy atom. The van der Waals surface area contributed by atoms with Gasteiger partial charge in [0.05, 0.1) is 11.5 Å². The number of benzene rings is 3. The number of carbonyl (C=O) groups excluding carboxylic acids is 3. The molecule has 0 N–H and O–H groups in total. The Morgan fingerprint density at radius 1 is 0.686 bits per heavy atom. The SMILES string of the molecule is O=C(c1ccccc1F)N1CCN(C(=O)C2CCCN(C(=O)c3cccc4ccccc34)C2)CC1. The first-order valence-electron chi connectivity index (χ1n) is 12.1. The standard InChI is InChI=1S/C28H28FN3O3/c29-25-13-4-3-11-24(25)28(35)31-17-15-30(16-18-31)26(33)21-9-6-14-32(19-21)27(34)23-12-5-8-20-7-1-2-10-22(20)23/h1-5,7-8,10-13,21H,6,9,14-19H2. The molecule has 1 unspecified atom stereocenters. The first kappa shape index (κ1) is 23.0. The van der Waals surface area contributed by atoms with Gasteiger partial charge in [-0.1, -0.05) is 48.5 Å². The second-order valence-corrected chi connectivity index (χ2v) is 9.21. The minimum Gasteiger partial charge on any atom is -0.339 e. The fourth-order valence-electron chi connectivity index (χ4n) is 5.14. The smallest absolute Gasteiger partial charge is 0.256 e. The molecule has 7 heteroatoms. The Bertz CT molecular complexity index is 1260. The van der Waals surface area contributed by atoms with Crippen LogP contribution in [-0.4, -0.2) is 71.7 Å². The number of halogens is 1. The fourth-order valence-corrected chi connectivity index (χ4v) is 5.14. The number of piperidine rings is 1. The molecule has 3 aromatic rings. The highest BCUT2D eigenvalue weighted by Gasteiger charge is 2.34. The molecule has 2 fully saturated rings. The summed E-state index contributed by atoms with van der Waals surface area (Å²) in [5.41, 5.74) is 0.721. The van der Waals surface area contributed by atoms with Crippen molar-refractivity contribution < 1.29 is 18.8 Å². The van der Waals surface area contributed by atoms with Crippen molar-refractivity contribution in [1.29, 1.82) is 0 Å². The zero-order chi connectivity index (χ0) is 24.4. The lowest BCUT2D eigenvalue weighted by Gasteiger charge is -2.39. The van der Waals surface area contributed by atoms with Crippen LogP contribution in [0.4, 0.5) is 4.39 Å². The van der Waals surface area contributed by atoms with Crippen molar-refractivity contribution >= 4 is 28.5 Å². The van der Waals surface area contributed by atoms with Crippen molar-refractivity contribution in [3.63, 3.8) is 0 Å². The molecule has 5 rings (SSSR count). The fraction of sp³-hybridized carbons (Fsp3) is 0.321. The van der Waals surface area contributed by atoms with Gasteiger partial charge in [0.2, 0.25) is 5.91 Å². The van der Waals surface area contributed by atoms with E-state index in [0.717, 1.165) is 23.6 Å². The van der Waals surface area contributed by atoms with Crippen molar-refractivity contribution in [2.45, 2.75) is 12.8 Å². The van der Waals surface area contributed by atoms with E-state index in [1.807, 2.05) is 42.5 Å². The lowest BCUT2D eigenvalue weighted by atomic mass is 9.95. The third-order valence-corrected chi connectivity index (χ3v) is 7.06. The second kappa shape index (κ2) is 9.86. The minimum atomic E-state index is -0.533. The number of hydrogen-bond acceptors (Lipinski definition) is 3. The molecular weight excluding hydrogens is 445 g/mol. The van der Waals surface area contributed by atoms with Gasteiger partial charge in [0.1, 0.15) is 5.82 Å². The molecule has 0 spiro atoms. The van der Waals surface area contributed by atoms with E-state index in [0.29, 0.717) is 44.8 Å². The van der Waals surface area contributed by atoms with Gasteiger partial charge in [-0.25, -0.2) is 4.39 Å². The molecule has 180 valence electrons. The maximum Gasteiger partial charge on any atom is 0.256 e. The second-order valence-electron chi connectivity index (χ2n) is 9.21. The predicted octanol–water partition coefficient (Wildman–Crippen LogP) is 3.82. The van der Waals surface area contributed by atoms with E-state index < -0.39 is 5.82 Å². The van der Waals surface area contributed by atoms with Crippen molar-refractivity contribution in [3.8, 4) is 0 Å². The summed E-state index contributed by atoms with van der Waals surface area (Å²) in [5.74, 6) is -1.15. The van der Waals surface area contributed by atoms with Crippen LogP contribution in [0, 0.1) is 11.7 Å². The number of carbonyl (C=O) groups is 3. The molecular formula is C28H28FN3O3. The van der Waals surface area contributed by atoms with Gasteiger partial charge in [-0.3, -0.25) is 14.4 Å². The molecule has 0 saturated carbocycles. The van der Waals surface area contributed by atoms with Gasteiger partial charge < -0.3 is 14.7 Å². The van der Waals surface area contributed by atoms with Gasteiger partial charge in [0, 0.05) is 44.8 Å². The highest BCUT2D eigenvalue weighted by Crippen LogP contribution is 2.25. The monoisotopic (exact) mass is 473 g/mol. The van der Waals surface area contributed by atoms with Crippen molar-refractivity contribution in [1.82, 2.24) is 14.7 Å². The summed E-state index contributed by atoms with van der Waals surface area (Å²) in [6, 6.07) is 19.5. The van der Waals surface area contributed by atoms with Crippen molar-refractivity contribution in [3.05, 3.63) is 83.7 Å².